The highest BCUT2D eigenvalue weighted by molar-refractivity contribution is 5.51. The van der Waals surface area contributed by atoms with E-state index in [0.29, 0.717) is 0 Å². The molecule has 2 nitrogen and oxygen atoms in total. The van der Waals surface area contributed by atoms with Crippen LogP contribution in [-0.4, -0.2) is 25.2 Å². The summed E-state index contributed by atoms with van der Waals surface area (Å²) in [5.41, 5.74) is 2.76. The molecule has 2 heteroatoms. The smallest absolute Gasteiger partial charge is 0.0430 e. The lowest BCUT2D eigenvalue weighted by molar-refractivity contribution is 0.580. The van der Waals surface area contributed by atoms with E-state index >= 15 is 0 Å². The molecular weight excluding hydrogens is 172 g/mol. The van der Waals surface area contributed by atoms with E-state index in [0.717, 1.165) is 12.1 Å². The Labute approximate surface area is 84.9 Å². The predicted octanol–water partition coefficient (Wildman–Crippen LogP) is 1.55. The van der Waals surface area contributed by atoms with Gasteiger partial charge in [-0.15, -0.1) is 0 Å². The van der Waals surface area contributed by atoms with Gasteiger partial charge in [-0.2, -0.15) is 0 Å². The second kappa shape index (κ2) is 2.99. The summed E-state index contributed by atoms with van der Waals surface area (Å²) in [6.45, 7) is 4.52. The predicted molar refractivity (Wildman–Crippen MR) is 58.7 cm³/mol. The quantitative estimate of drug-likeness (QED) is 0.719. The van der Waals surface area contributed by atoms with Gasteiger partial charge in [0.2, 0.25) is 0 Å². The standard InChI is InChI=1S/C12H16N2/c1-9-3-2-4-11(5-9)14-8-10-6-12(14)7-13-10/h2-5,10,12-13H,6-8H2,1H3/t10-,12-/m0/s1. The van der Waals surface area contributed by atoms with Crippen LogP contribution in [0.1, 0.15) is 12.0 Å². The first kappa shape index (κ1) is 8.30. The average molecular weight is 188 g/mol. The summed E-state index contributed by atoms with van der Waals surface area (Å²) in [5, 5.41) is 3.53. The van der Waals surface area contributed by atoms with Crippen molar-refractivity contribution >= 4 is 5.69 Å². The van der Waals surface area contributed by atoms with Crippen LogP contribution in [0.2, 0.25) is 0 Å². The molecule has 2 aliphatic rings. The summed E-state index contributed by atoms with van der Waals surface area (Å²) in [6, 6.07) is 10.3. The molecule has 1 aromatic rings. The van der Waals surface area contributed by atoms with Crippen LogP contribution in [0.4, 0.5) is 5.69 Å². The molecule has 0 saturated carbocycles. The Kier molecular flexibility index (Phi) is 1.77. The van der Waals surface area contributed by atoms with E-state index in [2.05, 4.69) is 41.4 Å². The SMILES string of the molecule is Cc1cccc(N2C[C@@H]3C[C@H]2CN3)c1. The molecule has 3 rings (SSSR count). The molecule has 14 heavy (non-hydrogen) atoms. The molecule has 2 heterocycles. The van der Waals surface area contributed by atoms with Crippen molar-refractivity contribution in [2.24, 2.45) is 0 Å². The first-order chi connectivity index (χ1) is 6.83. The van der Waals surface area contributed by atoms with Crippen molar-refractivity contribution in [3.8, 4) is 0 Å². The lowest BCUT2D eigenvalue weighted by Gasteiger charge is -2.29. The molecule has 2 atom stereocenters. The van der Waals surface area contributed by atoms with Crippen molar-refractivity contribution in [3.05, 3.63) is 29.8 Å². The van der Waals surface area contributed by atoms with Gasteiger partial charge in [0.1, 0.15) is 0 Å². The van der Waals surface area contributed by atoms with Gasteiger partial charge >= 0.3 is 0 Å². The molecule has 2 bridgehead atoms. The minimum absolute atomic E-state index is 0.737. The van der Waals surface area contributed by atoms with Gasteiger partial charge in [-0.25, -0.2) is 0 Å². The number of nitrogens with zero attached hydrogens (tertiary/aromatic N) is 1. The van der Waals surface area contributed by atoms with Gasteiger partial charge in [0.05, 0.1) is 0 Å². The number of fused-ring (bicyclic) bond motifs is 2. The zero-order valence-corrected chi connectivity index (χ0v) is 8.53. The van der Waals surface area contributed by atoms with Crippen LogP contribution in [0.25, 0.3) is 0 Å². The van der Waals surface area contributed by atoms with E-state index in [1.807, 2.05) is 0 Å². The van der Waals surface area contributed by atoms with Crippen LogP contribution in [0, 0.1) is 6.92 Å². The Morgan fingerprint density at radius 2 is 2.36 bits per heavy atom. The molecule has 74 valence electrons. The van der Waals surface area contributed by atoms with E-state index in [9.17, 15) is 0 Å². The summed E-state index contributed by atoms with van der Waals surface area (Å²) in [4.78, 5) is 2.55. The summed E-state index contributed by atoms with van der Waals surface area (Å²) in [7, 11) is 0. The van der Waals surface area contributed by atoms with Crippen LogP contribution in [0.5, 0.6) is 0 Å². The number of nitrogens with one attached hydrogen (secondary N) is 1. The highest BCUT2D eigenvalue weighted by Crippen LogP contribution is 2.29. The summed E-state index contributed by atoms with van der Waals surface area (Å²) in [5.74, 6) is 0. The molecule has 1 N–H and O–H groups in total. The number of anilines is 1. The van der Waals surface area contributed by atoms with Crippen LogP contribution >= 0.6 is 0 Å². The highest BCUT2D eigenvalue weighted by atomic mass is 15.3. The van der Waals surface area contributed by atoms with Gasteiger partial charge < -0.3 is 10.2 Å². The van der Waals surface area contributed by atoms with Crippen molar-refractivity contribution in [3.63, 3.8) is 0 Å². The Hall–Kier alpha value is -1.02. The van der Waals surface area contributed by atoms with Crippen LogP contribution in [0.15, 0.2) is 24.3 Å². The molecule has 2 saturated heterocycles. The lowest BCUT2D eigenvalue weighted by Crippen LogP contribution is -2.43. The molecule has 0 spiro atoms. The summed E-state index contributed by atoms with van der Waals surface area (Å²) in [6.07, 6.45) is 1.33. The Bertz CT molecular complexity index is 348. The summed E-state index contributed by atoms with van der Waals surface area (Å²) >= 11 is 0. The molecule has 0 aromatic heterocycles. The third-order valence-electron chi connectivity index (χ3n) is 3.39. The normalized spacial score (nSPS) is 29.9. The van der Waals surface area contributed by atoms with Crippen LogP contribution in [-0.2, 0) is 0 Å². The molecule has 0 radical (unpaired) electrons. The minimum Gasteiger partial charge on any atom is -0.366 e. The van der Waals surface area contributed by atoms with Gasteiger partial charge in [0.15, 0.2) is 0 Å². The van der Waals surface area contributed by atoms with E-state index in [-0.39, 0.29) is 0 Å². The van der Waals surface area contributed by atoms with E-state index < -0.39 is 0 Å². The minimum atomic E-state index is 0.737. The maximum absolute atomic E-state index is 3.53. The van der Waals surface area contributed by atoms with Gasteiger partial charge in [-0.1, -0.05) is 12.1 Å². The van der Waals surface area contributed by atoms with Crippen molar-refractivity contribution in [1.29, 1.82) is 0 Å². The second-order valence-electron chi connectivity index (χ2n) is 4.49. The molecular formula is C12H16N2. The number of piperazine rings is 1. The van der Waals surface area contributed by atoms with E-state index in [4.69, 9.17) is 0 Å². The Balaban J connectivity index is 1.89. The number of hydrogen-bond acceptors (Lipinski definition) is 2. The topological polar surface area (TPSA) is 15.3 Å². The van der Waals surface area contributed by atoms with Crippen molar-refractivity contribution in [2.75, 3.05) is 18.0 Å². The van der Waals surface area contributed by atoms with E-state index in [1.54, 1.807) is 0 Å². The van der Waals surface area contributed by atoms with Gasteiger partial charge in [-0.3, -0.25) is 0 Å². The fourth-order valence-corrected chi connectivity index (χ4v) is 2.68. The first-order valence-electron chi connectivity index (χ1n) is 5.39. The van der Waals surface area contributed by atoms with Crippen molar-refractivity contribution < 1.29 is 0 Å². The highest BCUT2D eigenvalue weighted by Gasteiger charge is 2.37. The zero-order valence-electron chi connectivity index (χ0n) is 8.53. The van der Waals surface area contributed by atoms with Crippen molar-refractivity contribution in [2.45, 2.75) is 25.4 Å². The molecule has 1 aromatic carbocycles. The van der Waals surface area contributed by atoms with Crippen molar-refractivity contribution in [1.82, 2.24) is 5.32 Å². The largest absolute Gasteiger partial charge is 0.366 e. The second-order valence-corrected chi connectivity index (χ2v) is 4.49. The Morgan fingerprint density at radius 1 is 1.43 bits per heavy atom. The third kappa shape index (κ3) is 1.22. The number of rotatable bonds is 1. The Morgan fingerprint density at radius 3 is 3.00 bits per heavy atom. The molecule has 2 aliphatic heterocycles. The monoisotopic (exact) mass is 188 g/mol. The third-order valence-corrected chi connectivity index (χ3v) is 3.39. The molecule has 0 aliphatic carbocycles. The average Bonchev–Trinajstić information content (AvgIpc) is 2.78. The fourth-order valence-electron chi connectivity index (χ4n) is 2.68. The number of aryl methyl sites for hydroxylation is 1. The lowest BCUT2D eigenvalue weighted by atomic mass is 10.2. The maximum atomic E-state index is 3.53. The molecule has 2 fully saturated rings. The van der Waals surface area contributed by atoms with Gasteiger partial charge in [-0.05, 0) is 31.0 Å². The van der Waals surface area contributed by atoms with Crippen LogP contribution in [0.3, 0.4) is 0 Å². The van der Waals surface area contributed by atoms with Gasteiger partial charge in [0.25, 0.3) is 0 Å². The fraction of sp³-hybridized carbons (Fsp3) is 0.500. The first-order valence-corrected chi connectivity index (χ1v) is 5.39. The number of benzene rings is 1. The summed E-state index contributed by atoms with van der Waals surface area (Å²) < 4.78 is 0. The number of hydrogen-bond donors (Lipinski definition) is 1. The molecule has 0 amide bonds. The van der Waals surface area contributed by atoms with Crippen LogP contribution < -0.4 is 10.2 Å². The zero-order chi connectivity index (χ0) is 9.54. The van der Waals surface area contributed by atoms with Gasteiger partial charge in [0, 0.05) is 30.9 Å². The molecule has 0 unspecified atom stereocenters. The maximum Gasteiger partial charge on any atom is 0.0430 e. The van der Waals surface area contributed by atoms with E-state index in [1.165, 1.54) is 30.8 Å².